The van der Waals surface area contributed by atoms with Crippen LogP contribution in [0.4, 0.5) is 4.39 Å². The molecule has 21 heavy (non-hydrogen) atoms. The van der Waals surface area contributed by atoms with Gasteiger partial charge in [0.1, 0.15) is 11.6 Å². The van der Waals surface area contributed by atoms with E-state index in [0.717, 1.165) is 18.9 Å². The number of halogens is 2. The molecule has 1 atom stereocenters. The van der Waals surface area contributed by atoms with Gasteiger partial charge < -0.3 is 15.4 Å². The van der Waals surface area contributed by atoms with E-state index in [-0.39, 0.29) is 23.6 Å². The summed E-state index contributed by atoms with van der Waals surface area (Å²) >= 11 is 5.85. The summed E-state index contributed by atoms with van der Waals surface area (Å²) in [6, 6.07) is 4.00. The van der Waals surface area contributed by atoms with Crippen molar-refractivity contribution in [3.8, 4) is 5.75 Å². The molecule has 6 heteroatoms. The highest BCUT2D eigenvalue weighted by molar-refractivity contribution is 6.32. The number of nitrogens with two attached hydrogens (primary N) is 1. The molecule has 1 aromatic rings. The number of piperidine rings is 1. The van der Waals surface area contributed by atoms with Crippen LogP contribution in [0.25, 0.3) is 0 Å². The first kappa shape index (κ1) is 16.0. The molecule has 0 aliphatic carbocycles. The molecule has 0 aromatic heterocycles. The lowest BCUT2D eigenvalue weighted by atomic mass is 9.91. The average molecular weight is 315 g/mol. The summed E-state index contributed by atoms with van der Waals surface area (Å²) < 4.78 is 18.3. The molecule has 1 fully saturated rings. The standard InChI is InChI=1S/C15H20ClFN2O2/c1-10(18)11-4-6-19(7-5-11)15(20)9-21-14-3-2-12(17)8-13(14)16/h2-3,8,10-11H,4-7,9,18H2,1H3. The molecular weight excluding hydrogens is 295 g/mol. The second-order valence-electron chi connectivity index (χ2n) is 5.44. The van der Waals surface area contributed by atoms with E-state index in [1.54, 1.807) is 4.90 Å². The van der Waals surface area contributed by atoms with Gasteiger partial charge in [0.2, 0.25) is 0 Å². The van der Waals surface area contributed by atoms with Crippen LogP contribution >= 0.6 is 11.6 Å². The van der Waals surface area contributed by atoms with E-state index in [1.165, 1.54) is 12.1 Å². The van der Waals surface area contributed by atoms with Gasteiger partial charge in [0.05, 0.1) is 5.02 Å². The fourth-order valence-corrected chi connectivity index (χ4v) is 2.72. The van der Waals surface area contributed by atoms with E-state index in [9.17, 15) is 9.18 Å². The summed E-state index contributed by atoms with van der Waals surface area (Å²) in [7, 11) is 0. The summed E-state index contributed by atoms with van der Waals surface area (Å²) in [5, 5.41) is 0.165. The largest absolute Gasteiger partial charge is 0.482 e. The molecule has 1 saturated heterocycles. The zero-order chi connectivity index (χ0) is 15.4. The number of carbonyl (C=O) groups excluding carboxylic acids is 1. The van der Waals surface area contributed by atoms with Crippen LogP contribution in [0.15, 0.2) is 18.2 Å². The minimum absolute atomic E-state index is 0.0847. The summed E-state index contributed by atoms with van der Waals surface area (Å²) in [4.78, 5) is 13.9. The second-order valence-corrected chi connectivity index (χ2v) is 5.85. The smallest absolute Gasteiger partial charge is 0.260 e. The number of likely N-dealkylation sites (tertiary alicyclic amines) is 1. The molecule has 1 aromatic carbocycles. The van der Waals surface area contributed by atoms with Gasteiger partial charge in [-0.25, -0.2) is 4.39 Å². The fourth-order valence-electron chi connectivity index (χ4n) is 2.50. The van der Waals surface area contributed by atoms with Crippen LogP contribution in [0.5, 0.6) is 5.75 Å². The number of ether oxygens (including phenoxy) is 1. The van der Waals surface area contributed by atoms with Gasteiger partial charge in [0.15, 0.2) is 6.61 Å². The van der Waals surface area contributed by atoms with Gasteiger partial charge in [-0.15, -0.1) is 0 Å². The molecule has 4 nitrogen and oxygen atoms in total. The van der Waals surface area contributed by atoms with Crippen LogP contribution in [0.2, 0.25) is 5.02 Å². The van der Waals surface area contributed by atoms with E-state index in [1.807, 2.05) is 6.92 Å². The maximum Gasteiger partial charge on any atom is 0.260 e. The Kier molecular flexibility index (Phi) is 5.42. The molecule has 0 radical (unpaired) electrons. The molecule has 1 unspecified atom stereocenters. The van der Waals surface area contributed by atoms with Gasteiger partial charge in [-0.3, -0.25) is 4.79 Å². The van der Waals surface area contributed by atoms with Crippen molar-refractivity contribution in [1.82, 2.24) is 4.90 Å². The Morgan fingerprint density at radius 1 is 1.52 bits per heavy atom. The van der Waals surface area contributed by atoms with E-state index in [4.69, 9.17) is 22.1 Å². The zero-order valence-electron chi connectivity index (χ0n) is 12.0. The highest BCUT2D eigenvalue weighted by Crippen LogP contribution is 2.25. The lowest BCUT2D eigenvalue weighted by molar-refractivity contribution is -0.134. The summed E-state index contributed by atoms with van der Waals surface area (Å²) in [5.74, 6) is 0.272. The number of rotatable bonds is 4. The molecule has 0 spiro atoms. The first-order chi connectivity index (χ1) is 9.97. The third kappa shape index (κ3) is 4.32. The number of nitrogens with zero attached hydrogens (tertiary/aromatic N) is 1. The minimum atomic E-state index is -0.434. The van der Waals surface area contributed by atoms with Gasteiger partial charge in [-0.2, -0.15) is 0 Å². The maximum atomic E-state index is 12.9. The molecule has 0 bridgehead atoms. The molecule has 116 valence electrons. The van der Waals surface area contributed by atoms with Crippen molar-refractivity contribution in [2.75, 3.05) is 19.7 Å². The number of carbonyl (C=O) groups is 1. The normalized spacial score (nSPS) is 17.6. The Labute approximate surface area is 129 Å². The van der Waals surface area contributed by atoms with Crippen molar-refractivity contribution in [3.05, 3.63) is 29.0 Å². The predicted molar refractivity (Wildman–Crippen MR) is 79.9 cm³/mol. The van der Waals surface area contributed by atoms with Crippen LogP contribution in [-0.4, -0.2) is 36.5 Å². The van der Waals surface area contributed by atoms with Crippen LogP contribution in [0.3, 0.4) is 0 Å². The van der Waals surface area contributed by atoms with Crippen LogP contribution in [0, 0.1) is 11.7 Å². The third-order valence-electron chi connectivity index (χ3n) is 3.88. The topological polar surface area (TPSA) is 55.6 Å². The molecule has 0 saturated carbocycles. The molecule has 1 aliphatic rings. The van der Waals surface area contributed by atoms with Crippen molar-refractivity contribution < 1.29 is 13.9 Å². The van der Waals surface area contributed by atoms with Crippen molar-refractivity contribution in [1.29, 1.82) is 0 Å². The van der Waals surface area contributed by atoms with Gasteiger partial charge >= 0.3 is 0 Å². The molecule has 2 rings (SSSR count). The Hall–Kier alpha value is -1.33. The Balaban J connectivity index is 1.82. The molecule has 1 heterocycles. The van der Waals surface area contributed by atoms with E-state index in [2.05, 4.69) is 0 Å². The summed E-state index contributed by atoms with van der Waals surface area (Å²) in [6.07, 6.45) is 1.83. The molecule has 2 N–H and O–H groups in total. The lowest BCUT2D eigenvalue weighted by Gasteiger charge is -2.33. The lowest BCUT2D eigenvalue weighted by Crippen LogP contribution is -2.44. The summed E-state index contributed by atoms with van der Waals surface area (Å²) in [5.41, 5.74) is 5.88. The zero-order valence-corrected chi connectivity index (χ0v) is 12.8. The monoisotopic (exact) mass is 314 g/mol. The first-order valence-electron chi connectivity index (χ1n) is 7.08. The Morgan fingerprint density at radius 3 is 2.76 bits per heavy atom. The SMILES string of the molecule is CC(N)C1CCN(C(=O)COc2ccc(F)cc2Cl)CC1. The van der Waals surface area contributed by atoms with Gasteiger partial charge in [0.25, 0.3) is 5.91 Å². The van der Waals surface area contributed by atoms with Crippen molar-refractivity contribution >= 4 is 17.5 Å². The highest BCUT2D eigenvalue weighted by atomic mass is 35.5. The molecule has 1 aliphatic heterocycles. The number of hydrogen-bond acceptors (Lipinski definition) is 3. The fraction of sp³-hybridized carbons (Fsp3) is 0.533. The van der Waals surface area contributed by atoms with Gasteiger partial charge in [-0.05, 0) is 43.9 Å². The van der Waals surface area contributed by atoms with Crippen molar-refractivity contribution in [3.63, 3.8) is 0 Å². The molecular formula is C15H20ClFN2O2. The number of hydrogen-bond donors (Lipinski definition) is 1. The maximum absolute atomic E-state index is 12.9. The third-order valence-corrected chi connectivity index (χ3v) is 4.18. The number of benzene rings is 1. The summed E-state index contributed by atoms with van der Waals surface area (Å²) in [6.45, 7) is 3.31. The van der Waals surface area contributed by atoms with E-state index in [0.29, 0.717) is 24.8 Å². The predicted octanol–water partition coefficient (Wildman–Crippen LogP) is 2.44. The molecule has 1 amide bonds. The first-order valence-corrected chi connectivity index (χ1v) is 7.46. The van der Waals surface area contributed by atoms with Crippen LogP contribution in [0.1, 0.15) is 19.8 Å². The van der Waals surface area contributed by atoms with Gasteiger partial charge in [-0.1, -0.05) is 11.6 Å². The van der Waals surface area contributed by atoms with Crippen molar-refractivity contribution in [2.45, 2.75) is 25.8 Å². The van der Waals surface area contributed by atoms with Crippen molar-refractivity contribution in [2.24, 2.45) is 11.7 Å². The van der Waals surface area contributed by atoms with E-state index >= 15 is 0 Å². The Morgan fingerprint density at radius 2 is 2.19 bits per heavy atom. The van der Waals surface area contributed by atoms with Crippen LogP contribution in [-0.2, 0) is 4.79 Å². The average Bonchev–Trinajstić information content (AvgIpc) is 2.46. The van der Waals surface area contributed by atoms with E-state index < -0.39 is 5.82 Å². The quantitative estimate of drug-likeness (QED) is 0.928. The van der Waals surface area contributed by atoms with Crippen LogP contribution < -0.4 is 10.5 Å². The Bertz CT molecular complexity index is 502. The number of amides is 1. The second kappa shape index (κ2) is 7.09. The minimum Gasteiger partial charge on any atom is -0.482 e. The van der Waals surface area contributed by atoms with Gasteiger partial charge in [0, 0.05) is 19.1 Å². The highest BCUT2D eigenvalue weighted by Gasteiger charge is 2.25.